The quantitative estimate of drug-likeness (QED) is 0.726. The van der Waals surface area contributed by atoms with E-state index in [2.05, 4.69) is 9.55 Å². The molecule has 0 bridgehead atoms. The van der Waals surface area contributed by atoms with E-state index in [0.29, 0.717) is 0 Å². The maximum Gasteiger partial charge on any atom is 0.0948 e. The lowest BCUT2D eigenvalue weighted by Gasteiger charge is -2.04. The van der Waals surface area contributed by atoms with Crippen molar-refractivity contribution in [3.8, 4) is 0 Å². The number of rotatable bonds is 4. The molecule has 1 aliphatic rings. The fraction of sp³-hybridized carbons (Fsp3) is 0.667. The number of imidazole rings is 1. The minimum atomic E-state index is 0.766. The number of hydrogen-bond donors (Lipinski definition) is 1. The Kier molecular flexibility index (Phi) is 2.13. The summed E-state index contributed by atoms with van der Waals surface area (Å²) in [5, 5.41) is 0. The van der Waals surface area contributed by atoms with E-state index < -0.39 is 0 Å². The molecule has 0 spiro atoms. The van der Waals surface area contributed by atoms with Crippen molar-refractivity contribution in [2.24, 2.45) is 5.73 Å². The van der Waals surface area contributed by atoms with Gasteiger partial charge in [0.05, 0.1) is 6.33 Å². The van der Waals surface area contributed by atoms with Gasteiger partial charge in [-0.25, -0.2) is 4.98 Å². The highest BCUT2D eigenvalue weighted by Gasteiger charge is 2.26. The van der Waals surface area contributed by atoms with Gasteiger partial charge in [0.2, 0.25) is 0 Å². The largest absolute Gasteiger partial charge is 0.334 e. The molecule has 66 valence electrons. The van der Waals surface area contributed by atoms with E-state index in [9.17, 15) is 0 Å². The molecule has 1 heterocycles. The van der Waals surface area contributed by atoms with Gasteiger partial charge in [0.15, 0.2) is 0 Å². The Labute approximate surface area is 72.6 Å². The van der Waals surface area contributed by atoms with Gasteiger partial charge in [0, 0.05) is 24.4 Å². The van der Waals surface area contributed by atoms with Gasteiger partial charge < -0.3 is 10.3 Å². The molecule has 0 atom stereocenters. The van der Waals surface area contributed by atoms with E-state index in [1.807, 2.05) is 12.5 Å². The number of hydrogen-bond acceptors (Lipinski definition) is 2. The first-order valence-electron chi connectivity index (χ1n) is 4.62. The van der Waals surface area contributed by atoms with Crippen LogP contribution in [0, 0.1) is 0 Å². The van der Waals surface area contributed by atoms with Crippen LogP contribution in [0.15, 0.2) is 12.5 Å². The zero-order chi connectivity index (χ0) is 8.39. The molecule has 0 radical (unpaired) electrons. The molecule has 1 saturated carbocycles. The normalized spacial score (nSPS) is 16.8. The lowest BCUT2D eigenvalue weighted by molar-refractivity contribution is 0.624. The summed E-state index contributed by atoms with van der Waals surface area (Å²) in [6, 6.07) is 0. The van der Waals surface area contributed by atoms with E-state index in [-0.39, 0.29) is 0 Å². The van der Waals surface area contributed by atoms with Crippen LogP contribution in [-0.2, 0) is 6.54 Å². The second-order valence-electron chi connectivity index (χ2n) is 3.43. The van der Waals surface area contributed by atoms with Crippen LogP contribution < -0.4 is 5.73 Å². The zero-order valence-corrected chi connectivity index (χ0v) is 7.24. The van der Waals surface area contributed by atoms with Gasteiger partial charge in [-0.2, -0.15) is 0 Å². The van der Waals surface area contributed by atoms with Crippen molar-refractivity contribution in [2.45, 2.75) is 31.7 Å². The van der Waals surface area contributed by atoms with Crippen molar-refractivity contribution in [3.05, 3.63) is 18.2 Å². The molecular weight excluding hydrogens is 150 g/mol. The average Bonchev–Trinajstić information content (AvgIpc) is 2.83. The van der Waals surface area contributed by atoms with Crippen LogP contribution in [0.25, 0.3) is 0 Å². The fourth-order valence-corrected chi connectivity index (χ4v) is 1.50. The molecule has 1 fully saturated rings. The topological polar surface area (TPSA) is 43.8 Å². The summed E-state index contributed by atoms with van der Waals surface area (Å²) in [5.74, 6) is 0.797. The summed E-state index contributed by atoms with van der Waals surface area (Å²) in [6.07, 6.45) is 7.65. The van der Waals surface area contributed by atoms with Gasteiger partial charge in [0.25, 0.3) is 0 Å². The van der Waals surface area contributed by atoms with Gasteiger partial charge >= 0.3 is 0 Å². The van der Waals surface area contributed by atoms with Crippen LogP contribution in [-0.4, -0.2) is 16.1 Å². The number of nitrogens with two attached hydrogens (primary N) is 1. The second-order valence-corrected chi connectivity index (χ2v) is 3.43. The highest BCUT2D eigenvalue weighted by atomic mass is 15.0. The van der Waals surface area contributed by atoms with Gasteiger partial charge in [0.1, 0.15) is 0 Å². The van der Waals surface area contributed by atoms with Crippen LogP contribution in [0.5, 0.6) is 0 Å². The molecule has 2 rings (SSSR count). The summed E-state index contributed by atoms with van der Waals surface area (Å²) < 4.78 is 2.24. The van der Waals surface area contributed by atoms with Crippen LogP contribution in [0.4, 0.5) is 0 Å². The van der Waals surface area contributed by atoms with E-state index in [4.69, 9.17) is 5.73 Å². The highest BCUT2D eigenvalue weighted by Crippen LogP contribution is 2.39. The molecule has 0 amide bonds. The third-order valence-corrected chi connectivity index (χ3v) is 2.34. The van der Waals surface area contributed by atoms with E-state index >= 15 is 0 Å². The lowest BCUT2D eigenvalue weighted by Crippen LogP contribution is -2.06. The van der Waals surface area contributed by atoms with Gasteiger partial charge in [-0.1, -0.05) is 0 Å². The van der Waals surface area contributed by atoms with Crippen molar-refractivity contribution in [1.29, 1.82) is 0 Å². The average molecular weight is 165 g/mol. The molecule has 0 unspecified atom stereocenters. The molecule has 12 heavy (non-hydrogen) atoms. The van der Waals surface area contributed by atoms with E-state index in [1.54, 1.807) is 0 Å². The first kappa shape index (κ1) is 7.80. The second kappa shape index (κ2) is 3.27. The molecule has 0 aliphatic heterocycles. The van der Waals surface area contributed by atoms with E-state index in [0.717, 1.165) is 25.4 Å². The Hall–Kier alpha value is -0.830. The van der Waals surface area contributed by atoms with Gasteiger partial charge in [-0.3, -0.25) is 0 Å². The van der Waals surface area contributed by atoms with Crippen LogP contribution in [0.3, 0.4) is 0 Å². The Balaban J connectivity index is 2.03. The maximum atomic E-state index is 5.45. The molecule has 0 aromatic carbocycles. The molecule has 3 nitrogen and oxygen atoms in total. The maximum absolute atomic E-state index is 5.45. The van der Waals surface area contributed by atoms with Crippen molar-refractivity contribution in [3.63, 3.8) is 0 Å². The van der Waals surface area contributed by atoms with Crippen LogP contribution in [0.1, 0.15) is 30.9 Å². The molecule has 1 aliphatic carbocycles. The first-order chi connectivity index (χ1) is 5.92. The highest BCUT2D eigenvalue weighted by molar-refractivity contribution is 5.12. The molecule has 0 saturated heterocycles. The number of aryl methyl sites for hydroxylation is 1. The first-order valence-corrected chi connectivity index (χ1v) is 4.62. The summed E-state index contributed by atoms with van der Waals surface area (Å²) in [5.41, 5.74) is 6.86. The summed E-state index contributed by atoms with van der Waals surface area (Å²) in [6.45, 7) is 1.80. The monoisotopic (exact) mass is 165 g/mol. The minimum absolute atomic E-state index is 0.766. The van der Waals surface area contributed by atoms with Crippen LogP contribution >= 0.6 is 0 Å². The zero-order valence-electron chi connectivity index (χ0n) is 7.24. The smallest absolute Gasteiger partial charge is 0.0948 e. The summed E-state index contributed by atoms with van der Waals surface area (Å²) >= 11 is 0. The molecule has 1 aromatic rings. The molecule has 1 aromatic heterocycles. The third-order valence-electron chi connectivity index (χ3n) is 2.34. The standard InChI is InChI=1S/C9H15N3/c10-4-1-5-12-7-11-6-9(12)8-2-3-8/h6-8H,1-5,10H2. The predicted octanol–water partition coefficient (Wildman–Crippen LogP) is 1.11. The molecular formula is C9H15N3. The molecule has 2 N–H and O–H groups in total. The molecule has 3 heteroatoms. The lowest BCUT2D eigenvalue weighted by atomic mass is 10.3. The Morgan fingerprint density at radius 1 is 1.58 bits per heavy atom. The van der Waals surface area contributed by atoms with Crippen molar-refractivity contribution < 1.29 is 0 Å². The Morgan fingerprint density at radius 3 is 3.08 bits per heavy atom. The van der Waals surface area contributed by atoms with Crippen molar-refractivity contribution >= 4 is 0 Å². The SMILES string of the molecule is NCCCn1cncc1C1CC1. The number of nitrogens with zero attached hydrogens (tertiary/aromatic N) is 2. The number of aromatic nitrogens is 2. The Morgan fingerprint density at radius 2 is 2.42 bits per heavy atom. The van der Waals surface area contributed by atoms with Crippen molar-refractivity contribution in [2.75, 3.05) is 6.54 Å². The fourth-order valence-electron chi connectivity index (χ4n) is 1.50. The minimum Gasteiger partial charge on any atom is -0.334 e. The summed E-state index contributed by atoms with van der Waals surface area (Å²) in [4.78, 5) is 4.16. The predicted molar refractivity (Wildman–Crippen MR) is 47.9 cm³/mol. The van der Waals surface area contributed by atoms with Crippen molar-refractivity contribution in [1.82, 2.24) is 9.55 Å². The van der Waals surface area contributed by atoms with E-state index in [1.165, 1.54) is 18.5 Å². The van der Waals surface area contributed by atoms with Gasteiger partial charge in [-0.05, 0) is 25.8 Å². The summed E-state index contributed by atoms with van der Waals surface area (Å²) in [7, 11) is 0. The van der Waals surface area contributed by atoms with Crippen LogP contribution in [0.2, 0.25) is 0 Å². The van der Waals surface area contributed by atoms with Gasteiger partial charge in [-0.15, -0.1) is 0 Å². The Bertz CT molecular complexity index is 250. The third kappa shape index (κ3) is 1.50.